The summed E-state index contributed by atoms with van der Waals surface area (Å²) in [7, 11) is 2.74. The highest BCUT2D eigenvalue weighted by molar-refractivity contribution is 6.03. The van der Waals surface area contributed by atoms with Crippen molar-refractivity contribution in [1.29, 1.82) is 0 Å². The summed E-state index contributed by atoms with van der Waals surface area (Å²) in [4.78, 5) is 35.7. The third-order valence-electron chi connectivity index (χ3n) is 3.69. The lowest BCUT2D eigenvalue weighted by atomic mass is 10.1. The number of rotatable bonds is 9. The number of aldehydes is 1. The molecule has 0 aliphatic heterocycles. The Morgan fingerprint density at radius 3 is 2.32 bits per heavy atom. The molecule has 8 nitrogen and oxygen atoms in total. The highest BCUT2D eigenvalue weighted by Gasteiger charge is 2.23. The van der Waals surface area contributed by atoms with E-state index in [1.54, 1.807) is 24.3 Å². The van der Waals surface area contributed by atoms with Gasteiger partial charge >= 0.3 is 5.97 Å². The number of anilines is 1. The number of esters is 1. The first-order valence-electron chi connectivity index (χ1n) is 8.44. The van der Waals surface area contributed by atoms with Gasteiger partial charge in [-0.05, 0) is 43.3 Å². The van der Waals surface area contributed by atoms with Crippen molar-refractivity contribution in [3.63, 3.8) is 0 Å². The summed E-state index contributed by atoms with van der Waals surface area (Å²) in [5.74, 6) is -0.409. The topological polar surface area (TPSA) is 100 Å². The normalized spacial score (nSPS) is 9.96. The molecule has 148 valence electrons. The molecule has 2 rings (SSSR count). The van der Waals surface area contributed by atoms with Gasteiger partial charge < -0.3 is 24.3 Å². The number of carbonyl (C=O) groups excluding carboxylic acids is 3. The zero-order valence-corrected chi connectivity index (χ0v) is 15.8. The van der Waals surface area contributed by atoms with Crippen LogP contribution in [0.25, 0.3) is 0 Å². The molecule has 0 saturated carbocycles. The number of methoxy groups -OCH3 is 2. The van der Waals surface area contributed by atoms with Gasteiger partial charge in [0.15, 0.2) is 24.4 Å². The maximum absolute atomic E-state index is 12.4. The molecule has 0 aliphatic rings. The second-order valence-corrected chi connectivity index (χ2v) is 5.46. The minimum Gasteiger partial charge on any atom is -0.494 e. The highest BCUT2D eigenvalue weighted by Crippen LogP contribution is 2.33. The van der Waals surface area contributed by atoms with Crippen LogP contribution in [0.4, 0.5) is 5.69 Å². The molecule has 8 heteroatoms. The Kier molecular flexibility index (Phi) is 7.38. The Morgan fingerprint density at radius 1 is 1.04 bits per heavy atom. The first-order valence-corrected chi connectivity index (χ1v) is 8.44. The predicted octanol–water partition coefficient (Wildman–Crippen LogP) is 2.71. The van der Waals surface area contributed by atoms with Crippen molar-refractivity contribution in [2.45, 2.75) is 6.92 Å². The fourth-order valence-electron chi connectivity index (χ4n) is 2.45. The summed E-state index contributed by atoms with van der Waals surface area (Å²) >= 11 is 0. The fourth-order valence-corrected chi connectivity index (χ4v) is 2.45. The summed E-state index contributed by atoms with van der Waals surface area (Å²) in [5, 5.41) is 2.60. The Balaban J connectivity index is 2.05. The van der Waals surface area contributed by atoms with E-state index in [0.717, 1.165) is 0 Å². The summed E-state index contributed by atoms with van der Waals surface area (Å²) in [6, 6.07) is 9.66. The molecule has 0 spiro atoms. The second-order valence-electron chi connectivity index (χ2n) is 5.46. The van der Waals surface area contributed by atoms with E-state index in [9.17, 15) is 14.4 Å². The number of carbonyl (C=O) groups is 3. The van der Waals surface area contributed by atoms with E-state index < -0.39 is 18.5 Å². The van der Waals surface area contributed by atoms with Crippen molar-refractivity contribution < 1.29 is 33.3 Å². The lowest BCUT2D eigenvalue weighted by molar-refractivity contribution is -0.119. The molecule has 2 aromatic rings. The van der Waals surface area contributed by atoms with E-state index in [1.807, 2.05) is 6.92 Å². The third-order valence-corrected chi connectivity index (χ3v) is 3.69. The lowest BCUT2D eigenvalue weighted by Crippen LogP contribution is -2.21. The quantitative estimate of drug-likeness (QED) is 0.521. The maximum Gasteiger partial charge on any atom is 0.343 e. The maximum atomic E-state index is 12.4. The molecule has 0 atom stereocenters. The van der Waals surface area contributed by atoms with E-state index >= 15 is 0 Å². The van der Waals surface area contributed by atoms with Gasteiger partial charge in [0.05, 0.1) is 20.8 Å². The first kappa shape index (κ1) is 20.8. The molecular formula is C20H21NO7. The van der Waals surface area contributed by atoms with Gasteiger partial charge in [0.1, 0.15) is 11.3 Å². The number of benzene rings is 2. The van der Waals surface area contributed by atoms with Crippen LogP contribution in [0.5, 0.6) is 17.2 Å². The summed E-state index contributed by atoms with van der Waals surface area (Å²) < 4.78 is 20.6. The number of ether oxygens (including phenoxy) is 4. The lowest BCUT2D eigenvalue weighted by Gasteiger charge is -2.14. The van der Waals surface area contributed by atoms with Crippen molar-refractivity contribution in [2.24, 2.45) is 0 Å². The van der Waals surface area contributed by atoms with Crippen LogP contribution in [-0.4, -0.2) is 45.6 Å². The molecule has 0 unspecified atom stereocenters. The van der Waals surface area contributed by atoms with Crippen molar-refractivity contribution >= 4 is 23.9 Å². The van der Waals surface area contributed by atoms with E-state index in [1.165, 1.54) is 26.4 Å². The number of amides is 1. The molecule has 0 aliphatic carbocycles. The SMILES string of the molecule is CCOc1ccc(NC(=O)COC(=O)c2c(C=O)ccc(OC)c2OC)cc1. The van der Waals surface area contributed by atoms with E-state index in [2.05, 4.69) is 5.32 Å². The Hall–Kier alpha value is -3.55. The number of hydrogen-bond acceptors (Lipinski definition) is 7. The largest absolute Gasteiger partial charge is 0.494 e. The fraction of sp³-hybridized carbons (Fsp3) is 0.250. The van der Waals surface area contributed by atoms with Crippen LogP contribution in [0, 0.1) is 0 Å². The Labute approximate surface area is 162 Å². The van der Waals surface area contributed by atoms with Gasteiger partial charge in [-0.15, -0.1) is 0 Å². The summed E-state index contributed by atoms with van der Waals surface area (Å²) in [6.45, 7) is 1.88. The van der Waals surface area contributed by atoms with Crippen LogP contribution >= 0.6 is 0 Å². The number of nitrogens with one attached hydrogen (secondary N) is 1. The first-order chi connectivity index (χ1) is 13.5. The van der Waals surface area contributed by atoms with Crippen molar-refractivity contribution in [2.75, 3.05) is 32.8 Å². The average molecular weight is 387 g/mol. The minimum atomic E-state index is -0.875. The van der Waals surface area contributed by atoms with Gasteiger partial charge in [0.25, 0.3) is 5.91 Å². The van der Waals surface area contributed by atoms with Crippen LogP contribution in [0.15, 0.2) is 36.4 Å². The monoisotopic (exact) mass is 387 g/mol. The van der Waals surface area contributed by atoms with Gasteiger partial charge in [-0.25, -0.2) is 4.79 Å². The van der Waals surface area contributed by atoms with Gasteiger partial charge in [0.2, 0.25) is 0 Å². The highest BCUT2D eigenvalue weighted by atomic mass is 16.5. The summed E-state index contributed by atoms with van der Waals surface area (Å²) in [6.07, 6.45) is 0.499. The second kappa shape index (κ2) is 9.96. The Bertz CT molecular complexity index is 846. The molecule has 1 N–H and O–H groups in total. The van der Waals surface area contributed by atoms with Crippen LogP contribution in [0.1, 0.15) is 27.6 Å². The van der Waals surface area contributed by atoms with Gasteiger partial charge in [-0.3, -0.25) is 9.59 Å². The molecule has 0 saturated heterocycles. The molecule has 28 heavy (non-hydrogen) atoms. The molecule has 0 aromatic heterocycles. The van der Waals surface area contributed by atoms with Crippen molar-refractivity contribution in [1.82, 2.24) is 0 Å². The molecule has 2 aromatic carbocycles. The van der Waals surface area contributed by atoms with E-state index in [4.69, 9.17) is 18.9 Å². The molecular weight excluding hydrogens is 366 g/mol. The van der Waals surface area contributed by atoms with Crippen LogP contribution in [0.2, 0.25) is 0 Å². The predicted molar refractivity (Wildman–Crippen MR) is 101 cm³/mol. The zero-order chi connectivity index (χ0) is 20.5. The van der Waals surface area contributed by atoms with E-state index in [-0.39, 0.29) is 22.6 Å². The number of hydrogen-bond donors (Lipinski definition) is 1. The van der Waals surface area contributed by atoms with Gasteiger partial charge in [-0.1, -0.05) is 0 Å². The van der Waals surface area contributed by atoms with Crippen LogP contribution in [-0.2, 0) is 9.53 Å². The standard InChI is InChI=1S/C20H21NO7/c1-4-27-15-8-6-14(7-9-15)21-17(23)12-28-20(24)18-13(11-22)5-10-16(25-2)19(18)26-3/h5-11H,4,12H2,1-3H3,(H,21,23). The molecule has 1 amide bonds. The molecule has 0 heterocycles. The van der Waals surface area contributed by atoms with Crippen LogP contribution < -0.4 is 19.5 Å². The third kappa shape index (κ3) is 5.00. The van der Waals surface area contributed by atoms with Gasteiger partial charge in [-0.2, -0.15) is 0 Å². The van der Waals surface area contributed by atoms with Crippen molar-refractivity contribution in [3.8, 4) is 17.2 Å². The Morgan fingerprint density at radius 2 is 1.75 bits per heavy atom. The molecule has 0 fully saturated rings. The summed E-state index contributed by atoms with van der Waals surface area (Å²) in [5.41, 5.74) is 0.484. The smallest absolute Gasteiger partial charge is 0.343 e. The molecule has 0 radical (unpaired) electrons. The molecule has 0 bridgehead atoms. The average Bonchev–Trinajstić information content (AvgIpc) is 2.72. The zero-order valence-electron chi connectivity index (χ0n) is 15.8. The van der Waals surface area contributed by atoms with E-state index in [0.29, 0.717) is 24.3 Å². The minimum absolute atomic E-state index is 0.0593. The van der Waals surface area contributed by atoms with Gasteiger partial charge in [0, 0.05) is 11.3 Å². The van der Waals surface area contributed by atoms with Crippen molar-refractivity contribution in [3.05, 3.63) is 47.5 Å². The van der Waals surface area contributed by atoms with Crippen LogP contribution in [0.3, 0.4) is 0 Å².